The zero-order valence-corrected chi connectivity index (χ0v) is 27.5. The van der Waals surface area contributed by atoms with Crippen molar-refractivity contribution in [3.05, 3.63) is 130 Å². The second-order valence-corrected chi connectivity index (χ2v) is 13.5. The Labute approximate surface area is 271 Å². The number of nitrogens with one attached hydrogen (secondary N) is 1. The summed E-state index contributed by atoms with van der Waals surface area (Å²) in [5.41, 5.74) is 3.77. The normalized spacial score (nSPS) is 11.9. The summed E-state index contributed by atoms with van der Waals surface area (Å²) in [7, 11) is -4.15. The molecule has 0 aliphatic heterocycles. The molecule has 0 aromatic heterocycles. The molecule has 0 bridgehead atoms. The van der Waals surface area contributed by atoms with Crippen LogP contribution in [0.15, 0.2) is 108 Å². The molecule has 1 N–H and O–H groups in total. The SMILES string of the molecule is CCCCNC(=O)C(Cc1ccccc1)N(Cc1ccc(Cl)cc1)C(=O)CN(c1cccc(C)c1)S(=O)(=O)c1ccc(C)cc1. The first-order valence-corrected chi connectivity index (χ1v) is 16.9. The van der Waals surface area contributed by atoms with Crippen LogP contribution in [-0.2, 0) is 32.6 Å². The Morgan fingerprint density at radius 3 is 2.16 bits per heavy atom. The number of rotatable bonds is 14. The van der Waals surface area contributed by atoms with Crippen molar-refractivity contribution in [2.45, 2.75) is 57.5 Å². The summed E-state index contributed by atoms with van der Waals surface area (Å²) in [6.45, 7) is 5.84. The van der Waals surface area contributed by atoms with Gasteiger partial charge in [0.05, 0.1) is 10.6 Å². The number of unbranched alkanes of at least 4 members (excludes halogenated alkanes) is 1. The van der Waals surface area contributed by atoms with Crippen molar-refractivity contribution < 1.29 is 18.0 Å². The molecule has 0 heterocycles. The molecule has 7 nitrogen and oxygen atoms in total. The Kier molecular flexibility index (Phi) is 11.8. The Bertz CT molecular complexity index is 1680. The van der Waals surface area contributed by atoms with Crippen molar-refractivity contribution in [2.75, 3.05) is 17.4 Å². The predicted octanol–water partition coefficient (Wildman–Crippen LogP) is 6.71. The van der Waals surface area contributed by atoms with E-state index in [1.165, 1.54) is 4.90 Å². The van der Waals surface area contributed by atoms with Gasteiger partial charge in [0.1, 0.15) is 12.6 Å². The van der Waals surface area contributed by atoms with Crippen molar-refractivity contribution in [3.63, 3.8) is 0 Å². The average molecular weight is 646 g/mol. The summed E-state index contributed by atoms with van der Waals surface area (Å²) in [6.07, 6.45) is 1.96. The third-order valence-corrected chi connectivity index (χ3v) is 9.58. The van der Waals surface area contributed by atoms with Gasteiger partial charge in [-0.2, -0.15) is 0 Å². The van der Waals surface area contributed by atoms with Gasteiger partial charge in [-0.05, 0) is 73.4 Å². The highest BCUT2D eigenvalue weighted by Crippen LogP contribution is 2.26. The van der Waals surface area contributed by atoms with E-state index in [2.05, 4.69) is 5.32 Å². The smallest absolute Gasteiger partial charge is 0.264 e. The van der Waals surface area contributed by atoms with Crippen molar-refractivity contribution in [1.29, 1.82) is 0 Å². The number of anilines is 1. The monoisotopic (exact) mass is 645 g/mol. The summed E-state index contributed by atoms with van der Waals surface area (Å²) in [5.74, 6) is -0.799. The summed E-state index contributed by atoms with van der Waals surface area (Å²) in [4.78, 5) is 29.9. The lowest BCUT2D eigenvalue weighted by atomic mass is 10.0. The minimum absolute atomic E-state index is 0.0739. The molecule has 0 saturated carbocycles. The van der Waals surface area contributed by atoms with Crippen LogP contribution in [0.1, 0.15) is 42.0 Å². The van der Waals surface area contributed by atoms with E-state index in [-0.39, 0.29) is 23.8 Å². The van der Waals surface area contributed by atoms with Gasteiger partial charge in [0.15, 0.2) is 0 Å². The number of nitrogens with zero attached hydrogens (tertiary/aromatic N) is 2. The van der Waals surface area contributed by atoms with Gasteiger partial charge >= 0.3 is 0 Å². The van der Waals surface area contributed by atoms with Gasteiger partial charge in [-0.3, -0.25) is 13.9 Å². The Balaban J connectivity index is 1.78. The molecule has 0 aliphatic carbocycles. The molecule has 4 aromatic rings. The van der Waals surface area contributed by atoms with E-state index in [4.69, 9.17) is 11.6 Å². The molecule has 0 aliphatic rings. The fourth-order valence-corrected chi connectivity index (χ4v) is 6.53. The van der Waals surface area contributed by atoms with E-state index < -0.39 is 28.5 Å². The van der Waals surface area contributed by atoms with Gasteiger partial charge in [-0.25, -0.2) is 8.42 Å². The van der Waals surface area contributed by atoms with Crippen LogP contribution < -0.4 is 9.62 Å². The molecule has 4 rings (SSSR count). The standard InChI is InChI=1S/C36H40ClN3O4S/c1-4-5-22-38-36(42)34(24-29-11-7-6-8-12-29)39(25-30-16-18-31(37)19-17-30)35(41)26-40(32-13-9-10-28(3)23-32)45(43,44)33-20-14-27(2)15-21-33/h6-21,23,34H,4-5,22,24-26H2,1-3H3,(H,38,42). The van der Waals surface area contributed by atoms with Crippen LogP contribution in [0.3, 0.4) is 0 Å². The van der Waals surface area contributed by atoms with E-state index in [9.17, 15) is 18.0 Å². The number of aryl methyl sites for hydroxylation is 2. The van der Waals surface area contributed by atoms with Crippen LogP contribution in [0.4, 0.5) is 5.69 Å². The van der Waals surface area contributed by atoms with Crippen molar-refractivity contribution in [3.8, 4) is 0 Å². The summed E-state index contributed by atoms with van der Waals surface area (Å²) >= 11 is 6.15. The summed E-state index contributed by atoms with van der Waals surface area (Å²) in [6, 6.07) is 29.3. The molecule has 0 saturated heterocycles. The Hall–Kier alpha value is -4.14. The average Bonchev–Trinajstić information content (AvgIpc) is 3.03. The topological polar surface area (TPSA) is 86.8 Å². The molecule has 2 amide bonds. The van der Waals surface area contributed by atoms with Crippen LogP contribution in [0.25, 0.3) is 0 Å². The van der Waals surface area contributed by atoms with E-state index in [0.717, 1.165) is 39.4 Å². The Morgan fingerprint density at radius 2 is 1.51 bits per heavy atom. The highest BCUT2D eigenvalue weighted by molar-refractivity contribution is 7.92. The van der Waals surface area contributed by atoms with Gasteiger partial charge in [0.2, 0.25) is 11.8 Å². The molecule has 4 aromatic carbocycles. The highest BCUT2D eigenvalue weighted by Gasteiger charge is 2.34. The fourth-order valence-electron chi connectivity index (χ4n) is 5.00. The van der Waals surface area contributed by atoms with Gasteiger partial charge < -0.3 is 10.2 Å². The predicted molar refractivity (Wildman–Crippen MR) is 181 cm³/mol. The van der Waals surface area contributed by atoms with Crippen LogP contribution in [0.5, 0.6) is 0 Å². The number of hydrogen-bond donors (Lipinski definition) is 1. The number of benzene rings is 4. The van der Waals surface area contributed by atoms with Gasteiger partial charge in [-0.1, -0.05) is 97.2 Å². The molecular weight excluding hydrogens is 606 g/mol. The maximum Gasteiger partial charge on any atom is 0.264 e. The third-order valence-electron chi connectivity index (χ3n) is 7.54. The van der Waals surface area contributed by atoms with Crippen molar-refractivity contribution in [1.82, 2.24) is 10.2 Å². The largest absolute Gasteiger partial charge is 0.354 e. The summed E-state index contributed by atoms with van der Waals surface area (Å²) < 4.78 is 29.4. The highest BCUT2D eigenvalue weighted by atomic mass is 35.5. The van der Waals surface area contributed by atoms with E-state index in [1.54, 1.807) is 66.7 Å². The van der Waals surface area contributed by atoms with Crippen LogP contribution >= 0.6 is 11.6 Å². The van der Waals surface area contributed by atoms with Crippen molar-refractivity contribution >= 4 is 39.1 Å². The van der Waals surface area contributed by atoms with Crippen LogP contribution in [0.2, 0.25) is 5.02 Å². The van der Waals surface area contributed by atoms with Crippen molar-refractivity contribution in [2.24, 2.45) is 0 Å². The molecular formula is C36H40ClN3O4S. The first kappa shape index (κ1) is 33.7. The molecule has 1 atom stereocenters. The first-order chi connectivity index (χ1) is 21.6. The lowest BCUT2D eigenvalue weighted by molar-refractivity contribution is -0.140. The zero-order valence-electron chi connectivity index (χ0n) is 25.9. The number of sulfonamides is 1. The maximum absolute atomic E-state index is 14.5. The fraction of sp³-hybridized carbons (Fsp3) is 0.278. The molecule has 0 spiro atoms. The van der Waals surface area contributed by atoms with Gasteiger partial charge in [0.25, 0.3) is 10.0 Å². The lowest BCUT2D eigenvalue weighted by Crippen LogP contribution is -2.53. The third kappa shape index (κ3) is 9.19. The first-order valence-electron chi connectivity index (χ1n) is 15.1. The second-order valence-electron chi connectivity index (χ2n) is 11.2. The molecule has 9 heteroatoms. The van der Waals surface area contributed by atoms with Crippen LogP contribution in [0, 0.1) is 13.8 Å². The number of halogens is 1. The second kappa shape index (κ2) is 15.7. The Morgan fingerprint density at radius 1 is 0.822 bits per heavy atom. The van der Waals surface area contributed by atoms with Gasteiger partial charge in [-0.15, -0.1) is 0 Å². The minimum atomic E-state index is -4.15. The minimum Gasteiger partial charge on any atom is -0.354 e. The number of amides is 2. The molecule has 1 unspecified atom stereocenters. The quantitative estimate of drug-likeness (QED) is 0.155. The molecule has 0 fully saturated rings. The number of hydrogen-bond acceptors (Lipinski definition) is 4. The number of carbonyl (C=O) groups is 2. The summed E-state index contributed by atoms with van der Waals surface area (Å²) in [5, 5.41) is 3.55. The molecule has 45 heavy (non-hydrogen) atoms. The maximum atomic E-state index is 14.5. The molecule has 0 radical (unpaired) electrons. The zero-order chi connectivity index (χ0) is 32.4. The molecule has 236 valence electrons. The van der Waals surface area contributed by atoms with E-state index >= 15 is 0 Å². The van der Waals surface area contributed by atoms with Gasteiger partial charge in [0, 0.05) is 24.5 Å². The van der Waals surface area contributed by atoms with E-state index in [0.29, 0.717) is 17.3 Å². The lowest BCUT2D eigenvalue weighted by Gasteiger charge is -2.34. The van der Waals surface area contributed by atoms with Crippen LogP contribution in [-0.4, -0.2) is 44.3 Å². The van der Waals surface area contributed by atoms with E-state index in [1.807, 2.05) is 57.2 Å². The number of carbonyl (C=O) groups excluding carboxylic acids is 2.